The molecule has 120 valence electrons. The number of para-hydroxylation sites is 1. The van der Waals surface area contributed by atoms with Crippen LogP contribution < -0.4 is 4.74 Å². The highest BCUT2D eigenvalue weighted by atomic mass is 16.5. The van der Waals surface area contributed by atoms with E-state index in [0.29, 0.717) is 17.9 Å². The van der Waals surface area contributed by atoms with E-state index in [4.69, 9.17) is 4.74 Å². The maximum atomic E-state index is 6.56. The Morgan fingerprint density at radius 1 is 1.00 bits per heavy atom. The second kappa shape index (κ2) is 5.15. The molecule has 1 aliphatic carbocycles. The molecular formula is C21H30O. The van der Waals surface area contributed by atoms with E-state index >= 15 is 0 Å². The zero-order chi connectivity index (χ0) is 16.1. The molecule has 22 heavy (non-hydrogen) atoms. The summed E-state index contributed by atoms with van der Waals surface area (Å²) in [6.07, 6.45) is 5.14. The van der Waals surface area contributed by atoms with Gasteiger partial charge in [-0.3, -0.25) is 0 Å². The summed E-state index contributed by atoms with van der Waals surface area (Å²) in [5, 5.41) is 0. The van der Waals surface area contributed by atoms with Crippen molar-refractivity contribution in [2.24, 2.45) is 22.7 Å². The minimum Gasteiger partial charge on any atom is -0.489 e. The van der Waals surface area contributed by atoms with Crippen molar-refractivity contribution in [3.63, 3.8) is 0 Å². The Kier molecular flexibility index (Phi) is 3.66. The molecule has 0 aromatic heterocycles. The van der Waals surface area contributed by atoms with Gasteiger partial charge in [-0.25, -0.2) is 0 Å². The summed E-state index contributed by atoms with van der Waals surface area (Å²) in [4.78, 5) is 0. The van der Waals surface area contributed by atoms with Crippen molar-refractivity contribution < 1.29 is 4.74 Å². The molecule has 1 aliphatic heterocycles. The van der Waals surface area contributed by atoms with Crippen LogP contribution in [0.2, 0.25) is 0 Å². The first kappa shape index (κ1) is 15.6. The summed E-state index contributed by atoms with van der Waals surface area (Å²) in [6, 6.07) is 8.58. The zero-order valence-corrected chi connectivity index (χ0v) is 14.9. The second-order valence-electron chi connectivity index (χ2n) is 9.14. The third-order valence-electron chi connectivity index (χ3n) is 5.29. The fraction of sp³-hybridized carbons (Fsp3) is 0.619. The van der Waals surface area contributed by atoms with E-state index in [-0.39, 0.29) is 10.8 Å². The van der Waals surface area contributed by atoms with Crippen LogP contribution in [0.3, 0.4) is 0 Å². The van der Waals surface area contributed by atoms with Gasteiger partial charge in [-0.05, 0) is 35.3 Å². The standard InChI is InChI=1S/C21H30O/c1-20(2,3)16-12-11-15-13-14-9-7-8-10-17(14)22-19(15)18(16)21(4,5)6/h7-10,12,15,18-19H,11,13H2,1-6H3. The minimum atomic E-state index is 0.212. The molecule has 3 atom stereocenters. The van der Waals surface area contributed by atoms with Gasteiger partial charge in [0, 0.05) is 11.8 Å². The molecule has 3 unspecified atom stereocenters. The third-order valence-corrected chi connectivity index (χ3v) is 5.29. The normalized spacial score (nSPS) is 28.3. The van der Waals surface area contributed by atoms with Crippen molar-refractivity contribution in [1.82, 2.24) is 0 Å². The molecule has 0 saturated heterocycles. The van der Waals surface area contributed by atoms with Gasteiger partial charge in [0.05, 0.1) is 0 Å². The van der Waals surface area contributed by atoms with Gasteiger partial charge in [0.1, 0.15) is 11.9 Å². The molecule has 0 bridgehead atoms. The highest BCUT2D eigenvalue weighted by Crippen LogP contribution is 2.51. The Hall–Kier alpha value is -1.24. The average molecular weight is 298 g/mol. The van der Waals surface area contributed by atoms with Gasteiger partial charge in [-0.15, -0.1) is 0 Å². The van der Waals surface area contributed by atoms with Crippen molar-refractivity contribution in [2.45, 2.75) is 60.5 Å². The van der Waals surface area contributed by atoms with Gasteiger partial charge in [0.15, 0.2) is 0 Å². The van der Waals surface area contributed by atoms with Crippen LogP contribution in [-0.2, 0) is 6.42 Å². The quantitative estimate of drug-likeness (QED) is 0.563. The van der Waals surface area contributed by atoms with Gasteiger partial charge in [0.25, 0.3) is 0 Å². The monoisotopic (exact) mass is 298 g/mol. The second-order valence-corrected chi connectivity index (χ2v) is 9.14. The van der Waals surface area contributed by atoms with E-state index in [0.717, 1.165) is 18.6 Å². The Bertz CT molecular complexity index is 583. The molecular weight excluding hydrogens is 268 g/mol. The Balaban J connectivity index is 2.02. The van der Waals surface area contributed by atoms with Crippen LogP contribution in [0, 0.1) is 22.7 Å². The molecule has 0 amide bonds. The number of hydrogen-bond donors (Lipinski definition) is 0. The number of hydrogen-bond acceptors (Lipinski definition) is 1. The summed E-state index contributed by atoms with van der Waals surface area (Å²) >= 11 is 0. The molecule has 1 aromatic carbocycles. The van der Waals surface area contributed by atoms with Crippen molar-refractivity contribution in [3.05, 3.63) is 41.5 Å². The fourth-order valence-corrected chi connectivity index (χ4v) is 4.30. The Morgan fingerprint density at radius 3 is 2.32 bits per heavy atom. The molecule has 0 saturated carbocycles. The molecule has 1 nitrogen and oxygen atoms in total. The Morgan fingerprint density at radius 2 is 1.68 bits per heavy atom. The fourth-order valence-electron chi connectivity index (χ4n) is 4.30. The van der Waals surface area contributed by atoms with Gasteiger partial charge in [0.2, 0.25) is 0 Å². The molecule has 0 N–H and O–H groups in total. The minimum absolute atomic E-state index is 0.212. The topological polar surface area (TPSA) is 9.23 Å². The van der Waals surface area contributed by atoms with Gasteiger partial charge >= 0.3 is 0 Å². The lowest BCUT2D eigenvalue weighted by molar-refractivity contribution is 0.00971. The molecule has 3 rings (SSSR count). The van der Waals surface area contributed by atoms with Gasteiger partial charge in [-0.1, -0.05) is 71.4 Å². The molecule has 0 spiro atoms. The summed E-state index contributed by atoms with van der Waals surface area (Å²) in [6.45, 7) is 14.1. The lowest BCUT2D eigenvalue weighted by Crippen LogP contribution is -2.49. The first-order chi connectivity index (χ1) is 10.2. The van der Waals surface area contributed by atoms with Crippen LogP contribution in [0.5, 0.6) is 5.75 Å². The van der Waals surface area contributed by atoms with Crippen molar-refractivity contribution in [3.8, 4) is 5.75 Å². The first-order valence-electron chi connectivity index (χ1n) is 8.63. The van der Waals surface area contributed by atoms with Crippen LogP contribution in [-0.4, -0.2) is 6.10 Å². The molecule has 0 radical (unpaired) electrons. The lowest BCUT2D eigenvalue weighted by atomic mass is 9.60. The van der Waals surface area contributed by atoms with Gasteiger partial charge < -0.3 is 4.74 Å². The van der Waals surface area contributed by atoms with Crippen molar-refractivity contribution in [2.75, 3.05) is 0 Å². The molecule has 2 aliphatic rings. The predicted octanol–water partition coefficient (Wildman–Crippen LogP) is 5.64. The lowest BCUT2D eigenvalue weighted by Gasteiger charge is -2.50. The van der Waals surface area contributed by atoms with E-state index in [1.807, 2.05) is 0 Å². The predicted molar refractivity (Wildman–Crippen MR) is 93.2 cm³/mol. The SMILES string of the molecule is CC(C)(C)C1=CCC2Cc3ccccc3OC2C1C(C)(C)C. The maximum absolute atomic E-state index is 6.56. The summed E-state index contributed by atoms with van der Waals surface area (Å²) in [5.41, 5.74) is 3.39. The summed E-state index contributed by atoms with van der Waals surface area (Å²) in [5.74, 6) is 2.21. The molecule has 1 heterocycles. The summed E-state index contributed by atoms with van der Waals surface area (Å²) in [7, 11) is 0. The number of ether oxygens (including phenoxy) is 1. The van der Waals surface area contributed by atoms with Crippen LogP contribution >= 0.6 is 0 Å². The Labute approximate surface area is 135 Å². The van der Waals surface area contributed by atoms with Gasteiger partial charge in [-0.2, -0.15) is 0 Å². The number of allylic oxidation sites excluding steroid dienone is 1. The maximum Gasteiger partial charge on any atom is 0.122 e. The molecule has 1 aromatic rings. The van der Waals surface area contributed by atoms with E-state index in [1.165, 1.54) is 5.56 Å². The van der Waals surface area contributed by atoms with Crippen LogP contribution in [0.15, 0.2) is 35.9 Å². The van der Waals surface area contributed by atoms with E-state index in [2.05, 4.69) is 71.9 Å². The molecule has 1 heteroatoms. The van der Waals surface area contributed by atoms with E-state index < -0.39 is 0 Å². The van der Waals surface area contributed by atoms with Crippen molar-refractivity contribution >= 4 is 0 Å². The van der Waals surface area contributed by atoms with Crippen molar-refractivity contribution in [1.29, 1.82) is 0 Å². The largest absolute Gasteiger partial charge is 0.489 e. The first-order valence-corrected chi connectivity index (χ1v) is 8.63. The van der Waals surface area contributed by atoms with Crippen LogP contribution in [0.1, 0.15) is 53.5 Å². The summed E-state index contributed by atoms with van der Waals surface area (Å²) < 4.78 is 6.56. The highest BCUT2D eigenvalue weighted by molar-refractivity contribution is 5.38. The van der Waals surface area contributed by atoms with Crippen LogP contribution in [0.4, 0.5) is 0 Å². The third kappa shape index (κ3) is 2.71. The van der Waals surface area contributed by atoms with E-state index in [9.17, 15) is 0 Å². The number of rotatable bonds is 0. The zero-order valence-electron chi connectivity index (χ0n) is 14.9. The number of fused-ring (bicyclic) bond motifs is 2. The number of benzene rings is 1. The average Bonchev–Trinajstić information content (AvgIpc) is 2.41. The van der Waals surface area contributed by atoms with Crippen LogP contribution in [0.25, 0.3) is 0 Å². The molecule has 0 fully saturated rings. The smallest absolute Gasteiger partial charge is 0.122 e. The highest BCUT2D eigenvalue weighted by Gasteiger charge is 2.47. The van der Waals surface area contributed by atoms with E-state index in [1.54, 1.807) is 5.57 Å².